The maximum Gasteiger partial charge on any atom is 0.407 e. The number of methoxy groups -OCH3 is 1. The molecule has 2 N–H and O–H groups in total. The number of nitrogens with zero attached hydrogens (tertiary/aromatic N) is 4. The first kappa shape index (κ1) is 31.4. The Morgan fingerprint density at radius 3 is 2.49 bits per heavy atom. The zero-order valence-electron chi connectivity index (χ0n) is 24.9. The number of alkyl carbamates (subject to hydrolysis) is 1. The number of benzene rings is 2. The molecule has 5 amide bonds. The van der Waals surface area contributed by atoms with Crippen molar-refractivity contribution < 1.29 is 28.7 Å². The van der Waals surface area contributed by atoms with E-state index in [1.807, 2.05) is 61.5 Å². The van der Waals surface area contributed by atoms with Crippen molar-refractivity contribution >= 4 is 23.9 Å². The fraction of sp³-hybridized carbons (Fsp3) is 0.419. The van der Waals surface area contributed by atoms with Gasteiger partial charge in [-0.1, -0.05) is 55.1 Å². The Hall–Kier alpha value is -4.58. The molecule has 0 aromatic heterocycles. The molecule has 230 valence electrons. The third-order valence-electron chi connectivity index (χ3n) is 7.70. The van der Waals surface area contributed by atoms with Crippen molar-refractivity contribution in [2.24, 2.45) is 0 Å². The SMILES string of the molecule is C=CCOC(=O)NCCCC1C(=O)N(C(C)c2ccccc2)CC2N1C(=O)CN(C)N2C(=O)NCc1ccc(OC)cc1. The van der Waals surface area contributed by atoms with Crippen LogP contribution < -0.4 is 15.4 Å². The molecule has 4 rings (SSSR count). The van der Waals surface area contributed by atoms with Crippen molar-refractivity contribution in [3.05, 3.63) is 78.4 Å². The lowest BCUT2D eigenvalue weighted by Gasteiger charge is -2.55. The standard InChI is InChI=1S/C31H40N6O6/c1-5-18-43-31(41)32-17-9-12-26-29(39)35(22(2)24-10-7-6-8-11-24)20-27-36(26)28(38)21-34(3)37(27)30(40)33-19-23-13-15-25(42-4)16-14-23/h5-8,10-11,13-16,22,26-27H,1,9,12,17-21H2,2-4H3,(H,32,41)(H,33,40). The number of rotatable bonds is 11. The van der Waals surface area contributed by atoms with Gasteiger partial charge in [-0.3, -0.25) is 9.59 Å². The molecule has 2 heterocycles. The van der Waals surface area contributed by atoms with Crippen LogP contribution in [0.25, 0.3) is 0 Å². The molecule has 0 aliphatic carbocycles. The zero-order valence-corrected chi connectivity index (χ0v) is 24.9. The Morgan fingerprint density at radius 1 is 1.09 bits per heavy atom. The van der Waals surface area contributed by atoms with Crippen molar-refractivity contribution in [2.75, 3.05) is 40.4 Å². The highest BCUT2D eigenvalue weighted by atomic mass is 16.5. The van der Waals surface area contributed by atoms with Gasteiger partial charge >= 0.3 is 12.1 Å². The van der Waals surface area contributed by atoms with Crippen LogP contribution in [0.3, 0.4) is 0 Å². The van der Waals surface area contributed by atoms with Crippen LogP contribution in [0.4, 0.5) is 9.59 Å². The van der Waals surface area contributed by atoms with Gasteiger partial charge in [0.15, 0.2) is 0 Å². The first-order chi connectivity index (χ1) is 20.7. The summed E-state index contributed by atoms with van der Waals surface area (Å²) in [6.45, 7) is 6.17. The van der Waals surface area contributed by atoms with Crippen molar-refractivity contribution in [2.45, 2.75) is 44.6 Å². The first-order valence-corrected chi connectivity index (χ1v) is 14.3. The maximum atomic E-state index is 14.0. The smallest absolute Gasteiger partial charge is 0.407 e. The molecule has 2 aromatic carbocycles. The fourth-order valence-electron chi connectivity index (χ4n) is 5.48. The van der Waals surface area contributed by atoms with E-state index < -0.39 is 18.3 Å². The summed E-state index contributed by atoms with van der Waals surface area (Å²) in [5.74, 6) is 0.281. The highest BCUT2D eigenvalue weighted by Gasteiger charge is 2.51. The number of carbonyl (C=O) groups is 4. The van der Waals surface area contributed by atoms with E-state index in [1.165, 1.54) is 11.1 Å². The maximum absolute atomic E-state index is 14.0. The van der Waals surface area contributed by atoms with Crippen molar-refractivity contribution in [1.82, 2.24) is 30.5 Å². The van der Waals surface area contributed by atoms with E-state index in [2.05, 4.69) is 17.2 Å². The normalized spacial score (nSPS) is 19.4. The average Bonchev–Trinajstić information content (AvgIpc) is 3.02. The van der Waals surface area contributed by atoms with Gasteiger partial charge in [0, 0.05) is 20.1 Å². The zero-order chi connectivity index (χ0) is 30.9. The summed E-state index contributed by atoms with van der Waals surface area (Å²) in [5, 5.41) is 8.75. The van der Waals surface area contributed by atoms with Crippen LogP contribution in [0.1, 0.15) is 36.9 Å². The van der Waals surface area contributed by atoms with E-state index >= 15 is 0 Å². The monoisotopic (exact) mass is 592 g/mol. The molecular formula is C31H40N6O6. The van der Waals surface area contributed by atoms with E-state index in [0.717, 1.165) is 16.9 Å². The predicted molar refractivity (Wildman–Crippen MR) is 159 cm³/mol. The van der Waals surface area contributed by atoms with E-state index in [-0.39, 0.29) is 56.7 Å². The highest BCUT2D eigenvalue weighted by Crippen LogP contribution is 2.32. The molecule has 12 nitrogen and oxygen atoms in total. The van der Waals surface area contributed by atoms with Gasteiger partial charge in [-0.25, -0.2) is 19.6 Å². The molecule has 2 aliphatic heterocycles. The van der Waals surface area contributed by atoms with Crippen molar-refractivity contribution in [3.63, 3.8) is 0 Å². The fourth-order valence-corrected chi connectivity index (χ4v) is 5.48. The van der Waals surface area contributed by atoms with Gasteiger partial charge in [0.25, 0.3) is 0 Å². The Balaban J connectivity index is 1.55. The van der Waals surface area contributed by atoms with E-state index in [4.69, 9.17) is 9.47 Å². The molecular weight excluding hydrogens is 552 g/mol. The minimum Gasteiger partial charge on any atom is -0.497 e. The molecule has 2 saturated heterocycles. The van der Waals surface area contributed by atoms with Crippen molar-refractivity contribution in [1.29, 1.82) is 0 Å². The number of ether oxygens (including phenoxy) is 2. The molecule has 0 bridgehead atoms. The molecule has 0 saturated carbocycles. The summed E-state index contributed by atoms with van der Waals surface area (Å²) in [5.41, 5.74) is 1.83. The number of hydrogen-bond acceptors (Lipinski definition) is 7. The van der Waals surface area contributed by atoms with Gasteiger partial charge in [0.05, 0.1) is 26.2 Å². The van der Waals surface area contributed by atoms with Gasteiger partial charge in [-0.2, -0.15) is 0 Å². The first-order valence-electron chi connectivity index (χ1n) is 14.3. The van der Waals surface area contributed by atoms with Gasteiger partial charge < -0.3 is 29.9 Å². The van der Waals surface area contributed by atoms with Crippen LogP contribution in [0.5, 0.6) is 5.75 Å². The molecule has 3 unspecified atom stereocenters. The second kappa shape index (κ2) is 14.5. The summed E-state index contributed by atoms with van der Waals surface area (Å²) in [4.78, 5) is 56.3. The number of urea groups is 1. The number of hydrogen-bond donors (Lipinski definition) is 2. The summed E-state index contributed by atoms with van der Waals surface area (Å²) in [7, 11) is 3.28. The Kier molecular flexibility index (Phi) is 10.6. The molecule has 0 radical (unpaired) electrons. The van der Waals surface area contributed by atoms with E-state index in [1.54, 1.807) is 29.0 Å². The van der Waals surface area contributed by atoms with Gasteiger partial charge in [-0.15, -0.1) is 0 Å². The number of nitrogens with one attached hydrogen (secondary N) is 2. The van der Waals surface area contributed by atoms with Crippen LogP contribution in [0.2, 0.25) is 0 Å². The molecule has 43 heavy (non-hydrogen) atoms. The molecule has 0 spiro atoms. The van der Waals surface area contributed by atoms with E-state index in [9.17, 15) is 19.2 Å². The summed E-state index contributed by atoms with van der Waals surface area (Å²) < 4.78 is 10.2. The molecule has 12 heteroatoms. The number of amides is 5. The summed E-state index contributed by atoms with van der Waals surface area (Å²) in [6.07, 6.45) is 0.888. The molecule has 3 atom stereocenters. The number of carbonyl (C=O) groups excluding carboxylic acids is 4. The Morgan fingerprint density at radius 2 is 1.81 bits per heavy atom. The van der Waals surface area contributed by atoms with Gasteiger partial charge in [0.2, 0.25) is 11.8 Å². The second-order valence-corrected chi connectivity index (χ2v) is 10.5. The molecule has 2 aliphatic rings. The number of hydrazine groups is 1. The second-order valence-electron chi connectivity index (χ2n) is 10.5. The number of piperazine rings is 1. The molecule has 2 fully saturated rings. The molecule has 2 aromatic rings. The summed E-state index contributed by atoms with van der Waals surface area (Å²) >= 11 is 0. The van der Waals surface area contributed by atoms with Crippen LogP contribution in [0, 0.1) is 0 Å². The largest absolute Gasteiger partial charge is 0.497 e. The Bertz CT molecular complexity index is 1290. The average molecular weight is 593 g/mol. The third-order valence-corrected chi connectivity index (χ3v) is 7.70. The van der Waals surface area contributed by atoms with Crippen LogP contribution in [0.15, 0.2) is 67.3 Å². The number of likely N-dealkylation sites (N-methyl/N-ethyl adjacent to an activating group) is 1. The van der Waals surface area contributed by atoms with Crippen LogP contribution in [-0.4, -0.2) is 96.4 Å². The van der Waals surface area contributed by atoms with Crippen LogP contribution in [-0.2, 0) is 20.9 Å². The summed E-state index contributed by atoms with van der Waals surface area (Å²) in [6, 6.07) is 15.5. The lowest BCUT2D eigenvalue weighted by Crippen LogP contribution is -2.76. The third kappa shape index (κ3) is 7.44. The van der Waals surface area contributed by atoms with Crippen molar-refractivity contribution in [3.8, 4) is 5.75 Å². The highest BCUT2D eigenvalue weighted by molar-refractivity contribution is 5.91. The quantitative estimate of drug-likeness (QED) is 0.304. The predicted octanol–water partition coefficient (Wildman–Crippen LogP) is 2.89. The minimum absolute atomic E-state index is 0.0589. The lowest BCUT2D eigenvalue weighted by molar-refractivity contribution is -0.189. The Labute approximate surface area is 252 Å². The van der Waals surface area contributed by atoms with Crippen LogP contribution >= 0.6 is 0 Å². The topological polar surface area (TPSA) is 124 Å². The number of fused-ring (bicyclic) bond motifs is 1. The minimum atomic E-state index is -0.811. The van der Waals surface area contributed by atoms with Gasteiger partial charge in [0.1, 0.15) is 24.6 Å². The van der Waals surface area contributed by atoms with Gasteiger partial charge in [-0.05, 0) is 43.0 Å². The van der Waals surface area contributed by atoms with E-state index in [0.29, 0.717) is 12.8 Å². The lowest BCUT2D eigenvalue weighted by atomic mass is 9.98.